The fourth-order valence-electron chi connectivity index (χ4n) is 2.12. The summed E-state index contributed by atoms with van der Waals surface area (Å²) >= 11 is 0. The molecule has 0 spiro atoms. The second-order valence-electron chi connectivity index (χ2n) is 6.51. The van der Waals surface area contributed by atoms with E-state index in [1.54, 1.807) is 38.1 Å². The number of aliphatic hydroxyl groups excluding tert-OH is 2. The van der Waals surface area contributed by atoms with Crippen molar-refractivity contribution in [1.82, 2.24) is 0 Å². The van der Waals surface area contributed by atoms with Crippen LogP contribution in [0, 0.1) is 0 Å². The van der Waals surface area contributed by atoms with E-state index in [1.807, 2.05) is 0 Å². The summed E-state index contributed by atoms with van der Waals surface area (Å²) in [5, 5.41) is 18.4. The molecule has 0 fully saturated rings. The number of hydrogen-bond donors (Lipinski definition) is 2. The van der Waals surface area contributed by atoms with Crippen LogP contribution in [0.25, 0.3) is 0 Å². The lowest BCUT2D eigenvalue weighted by Crippen LogP contribution is -2.13. The second kappa shape index (κ2) is 10.8. The molecule has 30 heavy (non-hydrogen) atoms. The van der Waals surface area contributed by atoms with Crippen LogP contribution in [0.3, 0.4) is 0 Å². The average molecular weight is 436 g/mol. The van der Waals surface area contributed by atoms with Crippen LogP contribution in [0.5, 0.6) is 11.5 Å². The van der Waals surface area contributed by atoms with Gasteiger partial charge >= 0.3 is 5.97 Å². The van der Waals surface area contributed by atoms with E-state index in [1.165, 1.54) is 36.6 Å². The summed E-state index contributed by atoms with van der Waals surface area (Å²) in [5.41, 5.74) is 0. The average Bonchev–Trinajstić information content (AvgIpc) is 2.70. The summed E-state index contributed by atoms with van der Waals surface area (Å²) in [6, 6.07) is 12.1. The van der Waals surface area contributed by atoms with Gasteiger partial charge in [0.25, 0.3) is 0 Å². The normalized spacial score (nSPS) is 14.5. The SMILES string of the molecule is CC(O)COc1ccc(S(=O)(=O)c2ccc(OCC(C)O)cc2)cc1.O=C1C=CO1. The highest BCUT2D eigenvalue weighted by atomic mass is 32.2. The van der Waals surface area contributed by atoms with Gasteiger partial charge in [0.2, 0.25) is 9.84 Å². The third-order valence-electron chi connectivity index (χ3n) is 3.64. The molecule has 0 saturated heterocycles. The Hall–Kier alpha value is -2.88. The van der Waals surface area contributed by atoms with Crippen LogP contribution < -0.4 is 9.47 Å². The zero-order valence-corrected chi connectivity index (χ0v) is 17.4. The second-order valence-corrected chi connectivity index (χ2v) is 8.46. The van der Waals surface area contributed by atoms with Crippen molar-refractivity contribution in [1.29, 1.82) is 0 Å². The molecule has 0 bridgehead atoms. The molecule has 2 atom stereocenters. The molecule has 0 aliphatic carbocycles. The maximum atomic E-state index is 12.6. The largest absolute Gasteiger partial charge is 0.491 e. The molecule has 1 heterocycles. The number of sulfone groups is 1. The van der Waals surface area contributed by atoms with Crippen molar-refractivity contribution in [2.24, 2.45) is 0 Å². The van der Waals surface area contributed by atoms with Gasteiger partial charge in [-0.25, -0.2) is 13.2 Å². The van der Waals surface area contributed by atoms with Crippen LogP contribution in [0.15, 0.2) is 70.7 Å². The number of aliphatic hydroxyl groups is 2. The Labute approximate surface area is 175 Å². The predicted octanol–water partition coefficient (Wildman–Crippen LogP) is 2.10. The molecule has 0 aromatic heterocycles. The van der Waals surface area contributed by atoms with E-state index in [0.717, 1.165) is 0 Å². The minimum atomic E-state index is -3.64. The topological polar surface area (TPSA) is 119 Å². The Morgan fingerprint density at radius 3 is 1.40 bits per heavy atom. The van der Waals surface area contributed by atoms with Gasteiger partial charge in [-0.05, 0) is 62.4 Å². The highest BCUT2D eigenvalue weighted by Gasteiger charge is 2.17. The first-order chi connectivity index (χ1) is 14.2. The standard InChI is InChI=1S/C18H22O6S.C3H2O2/c1-13(19)11-23-15-3-7-17(8-4-15)25(21,22)18-9-5-16(6-10-18)24-12-14(2)20;4-3-1-2-5-3/h3-10,13-14,19-20H,11-12H2,1-2H3;1-2H. The molecule has 0 saturated carbocycles. The van der Waals surface area contributed by atoms with Gasteiger partial charge in [0.15, 0.2) is 0 Å². The van der Waals surface area contributed by atoms with Crippen molar-refractivity contribution in [3.8, 4) is 11.5 Å². The third kappa shape index (κ3) is 7.18. The lowest BCUT2D eigenvalue weighted by Gasteiger charge is -2.10. The maximum Gasteiger partial charge on any atom is 0.338 e. The maximum absolute atomic E-state index is 12.6. The highest BCUT2D eigenvalue weighted by Crippen LogP contribution is 2.25. The van der Waals surface area contributed by atoms with Crippen LogP contribution in [-0.2, 0) is 19.4 Å². The van der Waals surface area contributed by atoms with Crippen molar-refractivity contribution < 1.29 is 37.6 Å². The molecule has 2 N–H and O–H groups in total. The van der Waals surface area contributed by atoms with Gasteiger partial charge in [-0.1, -0.05) is 0 Å². The smallest absolute Gasteiger partial charge is 0.338 e. The molecule has 9 heteroatoms. The van der Waals surface area contributed by atoms with E-state index < -0.39 is 22.0 Å². The van der Waals surface area contributed by atoms with Crippen LogP contribution in [0.2, 0.25) is 0 Å². The van der Waals surface area contributed by atoms with E-state index in [4.69, 9.17) is 9.47 Å². The van der Waals surface area contributed by atoms with E-state index in [-0.39, 0.29) is 29.0 Å². The molecule has 2 unspecified atom stereocenters. The molecule has 1 aliphatic heterocycles. The molecule has 162 valence electrons. The molecule has 8 nitrogen and oxygen atoms in total. The molecule has 0 radical (unpaired) electrons. The number of benzene rings is 2. The summed E-state index contributed by atoms with van der Waals surface area (Å²) in [7, 11) is -3.64. The first kappa shape index (κ1) is 23.4. The Morgan fingerprint density at radius 1 is 0.833 bits per heavy atom. The Kier molecular flexibility index (Phi) is 8.40. The van der Waals surface area contributed by atoms with Crippen molar-refractivity contribution in [3.05, 3.63) is 60.9 Å². The quantitative estimate of drug-likeness (QED) is 0.604. The number of carbonyl (C=O) groups is 1. The fourth-order valence-corrected chi connectivity index (χ4v) is 3.38. The number of rotatable bonds is 8. The van der Waals surface area contributed by atoms with Gasteiger partial charge in [-0.15, -0.1) is 0 Å². The van der Waals surface area contributed by atoms with Crippen LogP contribution in [-0.4, -0.2) is 50.0 Å². The molecule has 2 aromatic rings. The van der Waals surface area contributed by atoms with Gasteiger partial charge in [0, 0.05) is 0 Å². The van der Waals surface area contributed by atoms with E-state index in [9.17, 15) is 23.4 Å². The van der Waals surface area contributed by atoms with Crippen molar-refractivity contribution in [2.45, 2.75) is 35.8 Å². The monoisotopic (exact) mass is 436 g/mol. The van der Waals surface area contributed by atoms with Gasteiger partial charge in [-0.3, -0.25) is 0 Å². The van der Waals surface area contributed by atoms with Crippen LogP contribution in [0.1, 0.15) is 13.8 Å². The Bertz CT molecular complexity index is 884. The first-order valence-corrected chi connectivity index (χ1v) is 10.6. The molecule has 0 amide bonds. The molecular weight excluding hydrogens is 412 g/mol. The molecule has 2 aromatic carbocycles. The first-order valence-electron chi connectivity index (χ1n) is 9.12. The van der Waals surface area contributed by atoms with Crippen molar-refractivity contribution >= 4 is 15.8 Å². The summed E-state index contributed by atoms with van der Waals surface area (Å²) in [4.78, 5) is 9.89. The number of hydrogen-bond acceptors (Lipinski definition) is 8. The summed E-state index contributed by atoms with van der Waals surface area (Å²) in [6.07, 6.45) is 1.51. The van der Waals surface area contributed by atoms with E-state index >= 15 is 0 Å². The van der Waals surface area contributed by atoms with E-state index in [0.29, 0.717) is 11.5 Å². The summed E-state index contributed by atoms with van der Waals surface area (Å²) < 4.78 is 40.0. The number of esters is 1. The summed E-state index contributed by atoms with van der Waals surface area (Å²) in [5.74, 6) is 0.730. The summed E-state index contributed by atoms with van der Waals surface area (Å²) in [6.45, 7) is 3.49. The third-order valence-corrected chi connectivity index (χ3v) is 5.42. The van der Waals surface area contributed by atoms with E-state index in [2.05, 4.69) is 4.74 Å². The minimum absolute atomic E-state index is 0.139. The molecule has 3 rings (SSSR count). The number of ether oxygens (including phenoxy) is 3. The Balaban J connectivity index is 0.000000558. The zero-order chi connectivity index (χ0) is 22.1. The number of cyclic esters (lactones) is 1. The number of carbonyl (C=O) groups excluding carboxylic acids is 1. The van der Waals surface area contributed by atoms with Crippen molar-refractivity contribution in [2.75, 3.05) is 13.2 Å². The van der Waals surface area contributed by atoms with Gasteiger partial charge < -0.3 is 24.4 Å². The van der Waals surface area contributed by atoms with Crippen LogP contribution >= 0.6 is 0 Å². The minimum Gasteiger partial charge on any atom is -0.491 e. The Morgan fingerprint density at radius 2 is 1.17 bits per heavy atom. The van der Waals surface area contributed by atoms with Crippen LogP contribution in [0.4, 0.5) is 0 Å². The van der Waals surface area contributed by atoms with Gasteiger partial charge in [0.1, 0.15) is 31.0 Å². The predicted molar refractivity (Wildman–Crippen MR) is 108 cm³/mol. The van der Waals surface area contributed by atoms with Crippen molar-refractivity contribution in [3.63, 3.8) is 0 Å². The highest BCUT2D eigenvalue weighted by molar-refractivity contribution is 7.91. The fraction of sp³-hybridized carbons (Fsp3) is 0.286. The lowest BCUT2D eigenvalue weighted by atomic mass is 10.3. The van der Waals surface area contributed by atoms with Gasteiger partial charge in [0.05, 0.1) is 28.1 Å². The van der Waals surface area contributed by atoms with Gasteiger partial charge in [-0.2, -0.15) is 0 Å². The molecule has 1 aliphatic rings. The lowest BCUT2D eigenvalue weighted by molar-refractivity contribution is -0.136. The zero-order valence-electron chi connectivity index (χ0n) is 16.6. The molecular formula is C21H24O8S.